The average Bonchev–Trinajstić information content (AvgIpc) is 2.94. The smallest absolute Gasteiger partial charge is 0.265 e. The van der Waals surface area contributed by atoms with Gasteiger partial charge in [0.2, 0.25) is 0 Å². The molecule has 0 saturated carbocycles. The Labute approximate surface area is 127 Å². The van der Waals surface area contributed by atoms with Gasteiger partial charge in [-0.1, -0.05) is 42.1 Å². The molecule has 0 fully saturated rings. The summed E-state index contributed by atoms with van der Waals surface area (Å²) in [5.74, 6) is 0.362. The predicted octanol–water partition coefficient (Wildman–Crippen LogP) is 3.16. The maximum absolute atomic E-state index is 12.1. The van der Waals surface area contributed by atoms with Gasteiger partial charge in [0, 0.05) is 12.4 Å². The van der Waals surface area contributed by atoms with Crippen LogP contribution in [-0.4, -0.2) is 15.5 Å². The number of halogens is 1. The van der Waals surface area contributed by atoms with Gasteiger partial charge in [0.25, 0.3) is 5.91 Å². The number of nitrogens with one attached hydrogen (secondary N) is 1. The van der Waals surface area contributed by atoms with Crippen LogP contribution in [0.1, 0.15) is 39.8 Å². The topological polar surface area (TPSA) is 54.9 Å². The van der Waals surface area contributed by atoms with Crippen LogP contribution in [0.25, 0.3) is 0 Å². The molecule has 1 heterocycles. The molecule has 0 bridgehead atoms. The molecule has 1 amide bonds. The second-order valence-corrected chi connectivity index (χ2v) is 5.46. The lowest BCUT2D eigenvalue weighted by Crippen LogP contribution is -2.23. The van der Waals surface area contributed by atoms with E-state index in [4.69, 9.17) is 11.6 Å². The first-order valence-electron chi connectivity index (χ1n) is 6.47. The van der Waals surface area contributed by atoms with Crippen LogP contribution in [0.5, 0.6) is 0 Å². The van der Waals surface area contributed by atoms with E-state index in [9.17, 15) is 4.79 Å². The Kier molecular flexibility index (Phi) is 5.49. The number of rotatable bonds is 6. The van der Waals surface area contributed by atoms with Gasteiger partial charge in [0.1, 0.15) is 4.88 Å². The number of nitrogens with zero attached hydrogens (tertiary/aromatic N) is 2. The number of carbonyl (C=O) groups is 1. The molecule has 4 nitrogen and oxygen atoms in total. The van der Waals surface area contributed by atoms with Crippen LogP contribution in [0.4, 0.5) is 0 Å². The fourth-order valence-corrected chi connectivity index (χ4v) is 2.66. The number of hydrogen-bond acceptors (Lipinski definition) is 4. The summed E-state index contributed by atoms with van der Waals surface area (Å²) < 4.78 is 3.86. The highest BCUT2D eigenvalue weighted by Gasteiger charge is 2.15. The first-order valence-corrected chi connectivity index (χ1v) is 7.78. The minimum atomic E-state index is -0.111. The highest BCUT2D eigenvalue weighted by molar-refractivity contribution is 7.08. The van der Waals surface area contributed by atoms with Crippen LogP contribution in [-0.2, 0) is 18.8 Å². The van der Waals surface area contributed by atoms with Crippen LogP contribution in [0.3, 0.4) is 0 Å². The lowest BCUT2D eigenvalue weighted by molar-refractivity contribution is 0.0954. The molecular formula is C14H16ClN3OS. The normalized spacial score (nSPS) is 10.5. The standard InChI is InChI=1S/C14H16ClN3OS/c1-2-4-12-13(20-18-17-12)14(19)16-9-11-6-3-5-10(7-11)8-15/h3,5-7H,2,4,8-9H2,1H3,(H,16,19). The van der Waals surface area contributed by atoms with Gasteiger partial charge < -0.3 is 5.32 Å². The van der Waals surface area contributed by atoms with Crippen LogP contribution < -0.4 is 5.32 Å². The van der Waals surface area contributed by atoms with Crippen LogP contribution in [0.2, 0.25) is 0 Å². The van der Waals surface area contributed by atoms with Crippen molar-refractivity contribution in [2.75, 3.05) is 0 Å². The molecule has 0 atom stereocenters. The second kappa shape index (κ2) is 7.36. The Morgan fingerprint density at radius 1 is 1.40 bits per heavy atom. The number of benzene rings is 1. The molecule has 0 aliphatic rings. The SMILES string of the molecule is CCCc1nnsc1C(=O)NCc1cccc(CCl)c1. The molecule has 0 aliphatic carbocycles. The lowest BCUT2D eigenvalue weighted by Gasteiger charge is -2.06. The molecule has 1 N–H and O–H groups in total. The van der Waals surface area contributed by atoms with Crippen molar-refractivity contribution in [3.05, 3.63) is 46.0 Å². The van der Waals surface area contributed by atoms with Gasteiger partial charge in [0.05, 0.1) is 5.69 Å². The number of alkyl halides is 1. The summed E-state index contributed by atoms with van der Waals surface area (Å²) in [6.45, 7) is 2.53. The quantitative estimate of drug-likeness (QED) is 0.834. The van der Waals surface area contributed by atoms with Crippen molar-refractivity contribution in [2.24, 2.45) is 0 Å². The van der Waals surface area contributed by atoms with E-state index in [2.05, 4.69) is 21.8 Å². The summed E-state index contributed by atoms with van der Waals surface area (Å²) in [6.07, 6.45) is 1.73. The highest BCUT2D eigenvalue weighted by Crippen LogP contribution is 2.13. The number of aryl methyl sites for hydroxylation is 1. The fraction of sp³-hybridized carbons (Fsp3) is 0.357. The van der Waals surface area contributed by atoms with Crippen molar-refractivity contribution in [3.8, 4) is 0 Å². The maximum atomic E-state index is 12.1. The van der Waals surface area contributed by atoms with Crippen LogP contribution in [0, 0.1) is 0 Å². The summed E-state index contributed by atoms with van der Waals surface area (Å²) >= 11 is 6.94. The van der Waals surface area contributed by atoms with Crippen molar-refractivity contribution in [2.45, 2.75) is 32.2 Å². The summed E-state index contributed by atoms with van der Waals surface area (Å²) in [4.78, 5) is 12.7. The highest BCUT2D eigenvalue weighted by atomic mass is 35.5. The third kappa shape index (κ3) is 3.77. The molecule has 0 unspecified atom stereocenters. The van der Waals surface area contributed by atoms with E-state index < -0.39 is 0 Å². The number of carbonyl (C=O) groups excluding carboxylic acids is 1. The van der Waals surface area contributed by atoms with Gasteiger partial charge in [-0.2, -0.15) is 0 Å². The van der Waals surface area contributed by atoms with Gasteiger partial charge in [-0.05, 0) is 29.1 Å². The molecule has 6 heteroatoms. The summed E-state index contributed by atoms with van der Waals surface area (Å²) in [5.41, 5.74) is 2.86. The molecule has 20 heavy (non-hydrogen) atoms. The van der Waals surface area contributed by atoms with Crippen molar-refractivity contribution in [3.63, 3.8) is 0 Å². The fourth-order valence-electron chi connectivity index (χ4n) is 1.87. The number of amides is 1. The minimum absolute atomic E-state index is 0.111. The molecule has 0 aliphatic heterocycles. The molecule has 0 radical (unpaired) electrons. The minimum Gasteiger partial charge on any atom is -0.347 e. The van der Waals surface area contributed by atoms with Crippen molar-refractivity contribution >= 4 is 29.0 Å². The molecule has 106 valence electrons. The lowest BCUT2D eigenvalue weighted by atomic mass is 10.1. The van der Waals surface area contributed by atoms with Gasteiger partial charge in [0.15, 0.2) is 0 Å². The first kappa shape index (κ1) is 14.9. The Morgan fingerprint density at radius 2 is 2.20 bits per heavy atom. The summed E-state index contributed by atoms with van der Waals surface area (Å²) in [7, 11) is 0. The zero-order valence-electron chi connectivity index (χ0n) is 11.2. The van der Waals surface area contributed by atoms with E-state index in [1.165, 1.54) is 0 Å². The maximum Gasteiger partial charge on any atom is 0.265 e. The zero-order chi connectivity index (χ0) is 14.4. The Hall–Kier alpha value is -1.46. The molecular weight excluding hydrogens is 294 g/mol. The number of aromatic nitrogens is 2. The second-order valence-electron chi connectivity index (χ2n) is 4.44. The molecule has 2 aromatic rings. The van der Waals surface area contributed by atoms with Gasteiger partial charge in [-0.3, -0.25) is 4.79 Å². The van der Waals surface area contributed by atoms with Crippen molar-refractivity contribution in [1.82, 2.24) is 14.9 Å². The van der Waals surface area contributed by atoms with E-state index in [1.807, 2.05) is 24.3 Å². The first-order chi connectivity index (χ1) is 9.74. The van der Waals surface area contributed by atoms with Gasteiger partial charge >= 0.3 is 0 Å². The molecule has 2 rings (SSSR count). The van der Waals surface area contributed by atoms with Crippen LogP contribution >= 0.6 is 23.1 Å². The molecule has 1 aromatic carbocycles. The van der Waals surface area contributed by atoms with E-state index in [0.717, 1.165) is 41.2 Å². The Morgan fingerprint density at radius 3 is 2.95 bits per heavy atom. The zero-order valence-corrected chi connectivity index (χ0v) is 12.8. The average molecular weight is 310 g/mol. The van der Waals surface area contributed by atoms with E-state index in [0.29, 0.717) is 17.3 Å². The monoisotopic (exact) mass is 309 g/mol. The van der Waals surface area contributed by atoms with Crippen molar-refractivity contribution in [1.29, 1.82) is 0 Å². The number of hydrogen-bond donors (Lipinski definition) is 1. The predicted molar refractivity (Wildman–Crippen MR) is 81.1 cm³/mol. The third-order valence-corrected chi connectivity index (χ3v) is 3.92. The van der Waals surface area contributed by atoms with E-state index in [1.54, 1.807) is 0 Å². The third-order valence-electron chi connectivity index (χ3n) is 2.85. The molecule has 1 aromatic heterocycles. The van der Waals surface area contributed by atoms with Crippen LogP contribution in [0.15, 0.2) is 24.3 Å². The summed E-state index contributed by atoms with van der Waals surface area (Å²) in [6, 6.07) is 7.86. The van der Waals surface area contributed by atoms with Gasteiger partial charge in [-0.15, -0.1) is 16.7 Å². The Balaban J connectivity index is 1.99. The summed E-state index contributed by atoms with van der Waals surface area (Å²) in [5, 5.41) is 6.90. The molecule has 0 spiro atoms. The van der Waals surface area contributed by atoms with E-state index >= 15 is 0 Å². The largest absolute Gasteiger partial charge is 0.347 e. The molecule has 0 saturated heterocycles. The van der Waals surface area contributed by atoms with Gasteiger partial charge in [-0.25, -0.2) is 0 Å². The Bertz CT molecular complexity index is 585. The van der Waals surface area contributed by atoms with Crippen molar-refractivity contribution < 1.29 is 4.79 Å². The van der Waals surface area contributed by atoms with E-state index in [-0.39, 0.29) is 5.91 Å².